The van der Waals surface area contributed by atoms with E-state index in [0.29, 0.717) is 18.2 Å². The van der Waals surface area contributed by atoms with Gasteiger partial charge in [-0.15, -0.1) is 0 Å². The first-order valence-corrected chi connectivity index (χ1v) is 6.10. The van der Waals surface area contributed by atoms with Gasteiger partial charge < -0.3 is 5.32 Å². The molecule has 1 atom stereocenters. The smallest absolute Gasteiger partial charge is 0.151 e. The van der Waals surface area contributed by atoms with Gasteiger partial charge in [-0.25, -0.2) is 4.39 Å². The van der Waals surface area contributed by atoms with Crippen molar-refractivity contribution in [3.8, 4) is 0 Å². The van der Waals surface area contributed by atoms with Crippen molar-refractivity contribution in [1.82, 2.24) is 5.32 Å². The highest BCUT2D eigenvalue weighted by Crippen LogP contribution is 2.20. The molecule has 0 aliphatic rings. The lowest BCUT2D eigenvalue weighted by atomic mass is 10.1. The second-order valence-corrected chi connectivity index (χ2v) is 4.50. The maximum absolute atomic E-state index is 13.1. The standard InChI is InChI=1S/C13H17ClFNO/c1-3-9(2)16-8-11(17)7-10-5-4-6-12(15)13(10)14/h4-6,9,16H,3,7-8H2,1-2H3. The Morgan fingerprint density at radius 3 is 2.88 bits per heavy atom. The van der Waals surface area contributed by atoms with E-state index in [1.807, 2.05) is 13.8 Å². The van der Waals surface area contributed by atoms with Crippen molar-refractivity contribution in [1.29, 1.82) is 0 Å². The van der Waals surface area contributed by atoms with Crippen molar-refractivity contribution in [3.05, 3.63) is 34.6 Å². The molecule has 0 bridgehead atoms. The fourth-order valence-corrected chi connectivity index (χ4v) is 1.59. The molecule has 2 nitrogen and oxygen atoms in total. The molecule has 1 rings (SSSR count). The Morgan fingerprint density at radius 1 is 1.53 bits per heavy atom. The highest BCUT2D eigenvalue weighted by atomic mass is 35.5. The van der Waals surface area contributed by atoms with E-state index in [1.54, 1.807) is 12.1 Å². The second kappa shape index (κ2) is 6.72. The number of hydrogen-bond acceptors (Lipinski definition) is 2. The highest BCUT2D eigenvalue weighted by molar-refractivity contribution is 6.31. The predicted octanol–water partition coefficient (Wildman–Crippen LogP) is 2.98. The summed E-state index contributed by atoms with van der Waals surface area (Å²) in [6, 6.07) is 4.83. The first kappa shape index (κ1) is 14.1. The van der Waals surface area contributed by atoms with E-state index in [2.05, 4.69) is 5.32 Å². The number of carbonyl (C=O) groups is 1. The van der Waals surface area contributed by atoms with Gasteiger partial charge in [-0.2, -0.15) is 0 Å². The van der Waals surface area contributed by atoms with E-state index in [0.717, 1.165) is 6.42 Å². The topological polar surface area (TPSA) is 29.1 Å². The van der Waals surface area contributed by atoms with E-state index < -0.39 is 5.82 Å². The molecule has 0 amide bonds. The summed E-state index contributed by atoms with van der Waals surface area (Å²) in [7, 11) is 0. The maximum atomic E-state index is 13.1. The monoisotopic (exact) mass is 257 g/mol. The lowest BCUT2D eigenvalue weighted by molar-refractivity contribution is -0.117. The Bertz CT molecular complexity index is 395. The summed E-state index contributed by atoms with van der Waals surface area (Å²) in [5.41, 5.74) is 0.544. The molecule has 0 fully saturated rings. The molecule has 0 radical (unpaired) electrons. The summed E-state index contributed by atoms with van der Waals surface area (Å²) >= 11 is 5.78. The molecular weight excluding hydrogens is 241 g/mol. The summed E-state index contributed by atoms with van der Waals surface area (Å²) < 4.78 is 13.1. The van der Waals surface area contributed by atoms with Crippen LogP contribution in [0, 0.1) is 5.82 Å². The van der Waals surface area contributed by atoms with Crippen LogP contribution >= 0.6 is 11.6 Å². The van der Waals surface area contributed by atoms with Gasteiger partial charge in [-0.05, 0) is 25.0 Å². The molecule has 1 unspecified atom stereocenters. The molecule has 1 aromatic rings. The molecule has 0 aliphatic carbocycles. The number of rotatable bonds is 6. The van der Waals surface area contributed by atoms with E-state index in [-0.39, 0.29) is 17.2 Å². The number of carbonyl (C=O) groups excluding carboxylic acids is 1. The number of nitrogens with one attached hydrogen (secondary N) is 1. The van der Waals surface area contributed by atoms with Gasteiger partial charge in [0.05, 0.1) is 11.6 Å². The first-order valence-electron chi connectivity index (χ1n) is 5.72. The third-order valence-corrected chi connectivity index (χ3v) is 3.10. The number of ketones is 1. The van der Waals surface area contributed by atoms with Crippen LogP contribution in [-0.2, 0) is 11.2 Å². The molecule has 0 spiro atoms. The number of hydrogen-bond donors (Lipinski definition) is 1. The van der Waals surface area contributed by atoms with Gasteiger partial charge in [-0.3, -0.25) is 4.79 Å². The average molecular weight is 258 g/mol. The zero-order chi connectivity index (χ0) is 12.8. The van der Waals surface area contributed by atoms with Crippen LogP contribution in [0.4, 0.5) is 4.39 Å². The Hall–Kier alpha value is -0.930. The molecule has 1 aromatic carbocycles. The van der Waals surface area contributed by atoms with Gasteiger partial charge >= 0.3 is 0 Å². The van der Waals surface area contributed by atoms with Gasteiger partial charge in [0, 0.05) is 12.5 Å². The lowest BCUT2D eigenvalue weighted by Gasteiger charge is -2.10. The molecule has 0 saturated heterocycles. The minimum Gasteiger partial charge on any atom is -0.307 e. The average Bonchev–Trinajstić information content (AvgIpc) is 2.32. The SMILES string of the molecule is CCC(C)NCC(=O)Cc1cccc(F)c1Cl. The van der Waals surface area contributed by atoms with Crippen molar-refractivity contribution < 1.29 is 9.18 Å². The number of Topliss-reactive ketones (excluding diaryl/α,β-unsaturated/α-hetero) is 1. The van der Waals surface area contributed by atoms with E-state index in [9.17, 15) is 9.18 Å². The van der Waals surface area contributed by atoms with Crippen LogP contribution in [0.2, 0.25) is 5.02 Å². The second-order valence-electron chi connectivity index (χ2n) is 4.12. The van der Waals surface area contributed by atoms with Crippen molar-refractivity contribution in [2.75, 3.05) is 6.54 Å². The molecule has 17 heavy (non-hydrogen) atoms. The van der Waals surface area contributed by atoms with Crippen LogP contribution in [0.25, 0.3) is 0 Å². The minimum absolute atomic E-state index is 0.0119. The van der Waals surface area contributed by atoms with Crippen molar-refractivity contribution in [2.45, 2.75) is 32.7 Å². The van der Waals surface area contributed by atoms with Crippen LogP contribution in [0.3, 0.4) is 0 Å². The molecule has 0 aliphatic heterocycles. The lowest BCUT2D eigenvalue weighted by Crippen LogP contribution is -2.31. The van der Waals surface area contributed by atoms with Crippen LogP contribution < -0.4 is 5.32 Å². The van der Waals surface area contributed by atoms with Crippen molar-refractivity contribution >= 4 is 17.4 Å². The summed E-state index contributed by atoms with van der Waals surface area (Å²) in [5, 5.41) is 3.15. The van der Waals surface area contributed by atoms with Crippen molar-refractivity contribution in [2.24, 2.45) is 0 Å². The molecule has 1 N–H and O–H groups in total. The summed E-state index contributed by atoms with van der Waals surface area (Å²) in [5.74, 6) is -0.468. The summed E-state index contributed by atoms with van der Waals surface area (Å²) in [6.07, 6.45) is 1.13. The molecule has 4 heteroatoms. The van der Waals surface area contributed by atoms with Gasteiger partial charge in [-0.1, -0.05) is 30.7 Å². The Balaban J connectivity index is 2.54. The predicted molar refractivity (Wildman–Crippen MR) is 67.9 cm³/mol. The fraction of sp³-hybridized carbons (Fsp3) is 0.462. The first-order chi connectivity index (χ1) is 8.04. The fourth-order valence-electron chi connectivity index (χ4n) is 1.39. The molecule has 0 saturated carbocycles. The minimum atomic E-state index is -0.480. The summed E-state index contributed by atoms with van der Waals surface area (Å²) in [6.45, 7) is 4.36. The largest absolute Gasteiger partial charge is 0.307 e. The van der Waals surface area contributed by atoms with Crippen LogP contribution in [0.1, 0.15) is 25.8 Å². The van der Waals surface area contributed by atoms with Crippen LogP contribution in [0.5, 0.6) is 0 Å². The van der Waals surface area contributed by atoms with E-state index in [4.69, 9.17) is 11.6 Å². The molecule has 94 valence electrons. The van der Waals surface area contributed by atoms with Crippen molar-refractivity contribution in [3.63, 3.8) is 0 Å². The Kier molecular flexibility index (Phi) is 5.59. The zero-order valence-electron chi connectivity index (χ0n) is 10.1. The molecule has 0 aromatic heterocycles. The molecule has 0 heterocycles. The normalized spacial score (nSPS) is 12.5. The van der Waals surface area contributed by atoms with E-state index >= 15 is 0 Å². The quantitative estimate of drug-likeness (QED) is 0.849. The third-order valence-electron chi connectivity index (χ3n) is 2.68. The van der Waals surface area contributed by atoms with Crippen LogP contribution in [0.15, 0.2) is 18.2 Å². The Morgan fingerprint density at radius 2 is 2.24 bits per heavy atom. The van der Waals surface area contributed by atoms with Gasteiger partial charge in [0.2, 0.25) is 0 Å². The summed E-state index contributed by atoms with van der Waals surface area (Å²) in [4.78, 5) is 11.7. The van der Waals surface area contributed by atoms with E-state index in [1.165, 1.54) is 6.07 Å². The molecular formula is C13H17ClFNO. The van der Waals surface area contributed by atoms with Gasteiger partial charge in [0.15, 0.2) is 5.78 Å². The highest BCUT2D eigenvalue weighted by Gasteiger charge is 2.10. The van der Waals surface area contributed by atoms with Gasteiger partial charge in [0.25, 0.3) is 0 Å². The zero-order valence-corrected chi connectivity index (χ0v) is 10.9. The Labute approximate surface area is 106 Å². The number of benzene rings is 1. The third kappa shape index (κ3) is 4.44. The van der Waals surface area contributed by atoms with Crippen LogP contribution in [-0.4, -0.2) is 18.4 Å². The number of halogens is 2. The van der Waals surface area contributed by atoms with Gasteiger partial charge in [0.1, 0.15) is 5.82 Å². The maximum Gasteiger partial charge on any atom is 0.151 e.